The van der Waals surface area contributed by atoms with E-state index in [4.69, 9.17) is 14.8 Å². The number of carbonyl (C=O) groups excluding carboxylic acids is 2. The summed E-state index contributed by atoms with van der Waals surface area (Å²) < 4.78 is 26.1. The molecule has 0 spiro atoms. The third-order valence-corrected chi connectivity index (χ3v) is 3.21. The van der Waals surface area contributed by atoms with Crippen LogP contribution >= 0.6 is 7.52 Å². The number of carbonyl (C=O) groups is 2. The molecule has 17 heavy (non-hydrogen) atoms. The molecule has 0 fully saturated rings. The first-order chi connectivity index (χ1) is 7.62. The van der Waals surface area contributed by atoms with Crippen molar-refractivity contribution in [2.75, 3.05) is 6.16 Å². The number of hydrogen-bond acceptors (Lipinski definition) is 6. The Hall–Kier alpha value is -0.910. The third-order valence-electron chi connectivity index (χ3n) is 1.54. The molecule has 0 aliphatic carbocycles. The van der Waals surface area contributed by atoms with Gasteiger partial charge in [0.15, 0.2) is 0 Å². The zero-order valence-corrected chi connectivity index (χ0v) is 11.2. The van der Waals surface area contributed by atoms with Gasteiger partial charge in [-0.15, -0.1) is 0 Å². The number of hydrogen-bond donors (Lipinski definition) is 1. The van der Waals surface area contributed by atoms with Gasteiger partial charge >= 0.3 is 11.9 Å². The highest BCUT2D eigenvalue weighted by atomic mass is 31.2. The summed E-state index contributed by atoms with van der Waals surface area (Å²) in [6.07, 6.45) is -1.78. The molecule has 3 unspecified atom stereocenters. The second-order valence-corrected chi connectivity index (χ2v) is 5.64. The fourth-order valence-electron chi connectivity index (χ4n) is 1.23. The minimum atomic E-state index is -3.47. The van der Waals surface area contributed by atoms with E-state index in [9.17, 15) is 14.2 Å². The van der Waals surface area contributed by atoms with E-state index in [0.29, 0.717) is 0 Å². The summed E-state index contributed by atoms with van der Waals surface area (Å²) in [5.41, 5.74) is 5.42. The van der Waals surface area contributed by atoms with Gasteiger partial charge in [-0.2, -0.15) is 0 Å². The molecule has 3 atom stereocenters. The van der Waals surface area contributed by atoms with Gasteiger partial charge in [-0.05, 0) is 13.8 Å². The lowest BCUT2D eigenvalue weighted by Gasteiger charge is -2.21. The maximum atomic E-state index is 11.8. The predicted octanol–water partition coefficient (Wildman–Crippen LogP) is 1.02. The molecule has 8 heteroatoms. The SMILES string of the molecule is CC(=O)OC(C)CP(N)(=O)OC(C)OC(C)=O. The van der Waals surface area contributed by atoms with Gasteiger partial charge in [-0.3, -0.25) is 24.2 Å². The van der Waals surface area contributed by atoms with Crippen LogP contribution in [0, 0.1) is 0 Å². The quantitative estimate of drug-likeness (QED) is 0.435. The average molecular weight is 267 g/mol. The minimum absolute atomic E-state index is 0.141. The van der Waals surface area contributed by atoms with Gasteiger partial charge in [0, 0.05) is 13.8 Å². The topological polar surface area (TPSA) is 105 Å². The molecule has 0 saturated heterocycles. The van der Waals surface area contributed by atoms with E-state index in [1.165, 1.54) is 20.8 Å². The lowest BCUT2D eigenvalue weighted by molar-refractivity contribution is -0.158. The third kappa shape index (κ3) is 8.85. The van der Waals surface area contributed by atoms with Crippen molar-refractivity contribution in [3.8, 4) is 0 Å². The van der Waals surface area contributed by atoms with Gasteiger partial charge < -0.3 is 9.47 Å². The monoisotopic (exact) mass is 267 g/mol. The molecule has 0 aromatic rings. The second-order valence-electron chi connectivity index (χ2n) is 3.61. The molecule has 0 aromatic heterocycles. The zero-order chi connectivity index (χ0) is 13.6. The summed E-state index contributed by atoms with van der Waals surface area (Å²) in [7, 11) is -3.47. The van der Waals surface area contributed by atoms with Crippen LogP contribution in [0.5, 0.6) is 0 Å². The Morgan fingerprint density at radius 3 is 2.06 bits per heavy atom. The zero-order valence-electron chi connectivity index (χ0n) is 10.3. The molecule has 0 aliphatic heterocycles. The first-order valence-corrected chi connectivity index (χ1v) is 6.91. The summed E-state index contributed by atoms with van der Waals surface area (Å²) in [4.78, 5) is 21.3. The molecule has 0 radical (unpaired) electrons. The molecule has 0 aliphatic rings. The van der Waals surface area contributed by atoms with Crippen LogP contribution in [0.1, 0.15) is 27.7 Å². The van der Waals surface area contributed by atoms with E-state index >= 15 is 0 Å². The molecule has 0 amide bonds. The van der Waals surface area contributed by atoms with Gasteiger partial charge in [-0.25, -0.2) is 0 Å². The van der Waals surface area contributed by atoms with E-state index in [0.717, 1.165) is 0 Å². The lowest BCUT2D eigenvalue weighted by Crippen LogP contribution is -2.23. The van der Waals surface area contributed by atoms with Gasteiger partial charge in [-0.1, -0.05) is 0 Å². The highest BCUT2D eigenvalue weighted by Gasteiger charge is 2.26. The van der Waals surface area contributed by atoms with Crippen LogP contribution in [0.3, 0.4) is 0 Å². The van der Waals surface area contributed by atoms with Gasteiger partial charge in [0.1, 0.15) is 6.10 Å². The number of ether oxygens (including phenoxy) is 2. The minimum Gasteiger partial charge on any atom is -0.462 e. The molecule has 0 saturated carbocycles. The van der Waals surface area contributed by atoms with Gasteiger partial charge in [0.05, 0.1) is 6.16 Å². The van der Waals surface area contributed by atoms with Gasteiger partial charge in [0.25, 0.3) is 7.52 Å². The molecule has 0 aromatic carbocycles. The van der Waals surface area contributed by atoms with Crippen LogP contribution in [0.25, 0.3) is 0 Å². The van der Waals surface area contributed by atoms with Crippen molar-refractivity contribution < 1.29 is 28.2 Å². The number of rotatable bonds is 6. The molecule has 100 valence electrons. The van der Waals surface area contributed by atoms with E-state index < -0.39 is 31.9 Å². The fraction of sp³-hybridized carbons (Fsp3) is 0.778. The van der Waals surface area contributed by atoms with Crippen molar-refractivity contribution in [1.29, 1.82) is 0 Å². The molecule has 0 rings (SSSR count). The van der Waals surface area contributed by atoms with Crippen molar-refractivity contribution in [1.82, 2.24) is 0 Å². The first kappa shape index (κ1) is 16.1. The second kappa shape index (κ2) is 6.74. The van der Waals surface area contributed by atoms with Crippen LogP contribution in [-0.4, -0.2) is 30.5 Å². The predicted molar refractivity (Wildman–Crippen MR) is 60.2 cm³/mol. The molecule has 7 nitrogen and oxygen atoms in total. The van der Waals surface area contributed by atoms with Crippen LogP contribution in [-0.2, 0) is 28.2 Å². The summed E-state index contributed by atoms with van der Waals surface area (Å²) in [5.74, 6) is -1.06. The Kier molecular flexibility index (Phi) is 6.37. The number of esters is 2. The van der Waals surface area contributed by atoms with Crippen molar-refractivity contribution in [2.45, 2.75) is 40.1 Å². The van der Waals surface area contributed by atoms with Crippen molar-refractivity contribution in [2.24, 2.45) is 5.50 Å². The fourth-order valence-corrected chi connectivity index (χ4v) is 2.65. The van der Waals surface area contributed by atoms with Crippen LogP contribution in [0.2, 0.25) is 0 Å². The molecular weight excluding hydrogens is 249 g/mol. The normalized spacial score (nSPS) is 17.7. The Bertz CT molecular complexity index is 303. The van der Waals surface area contributed by atoms with Crippen molar-refractivity contribution in [3.05, 3.63) is 0 Å². The van der Waals surface area contributed by atoms with Crippen LogP contribution in [0.15, 0.2) is 0 Å². The smallest absolute Gasteiger partial charge is 0.304 e. The van der Waals surface area contributed by atoms with E-state index in [-0.39, 0.29) is 6.16 Å². The summed E-state index contributed by atoms with van der Waals surface area (Å²) in [6.45, 7) is 5.38. The summed E-state index contributed by atoms with van der Waals surface area (Å²) >= 11 is 0. The standard InChI is InChI=1S/C9H18NO6P/c1-6(14-7(2)11)5-17(10,13)16-9(4)15-8(3)12/h6,9H,5H2,1-4H3,(H2,10,13). The van der Waals surface area contributed by atoms with Crippen LogP contribution in [0.4, 0.5) is 0 Å². The Balaban J connectivity index is 4.23. The Morgan fingerprint density at radius 1 is 1.18 bits per heavy atom. The summed E-state index contributed by atoms with van der Waals surface area (Å²) in [5, 5.41) is 0. The van der Waals surface area contributed by atoms with E-state index in [2.05, 4.69) is 4.74 Å². The van der Waals surface area contributed by atoms with Crippen molar-refractivity contribution in [3.63, 3.8) is 0 Å². The van der Waals surface area contributed by atoms with E-state index in [1.54, 1.807) is 6.92 Å². The summed E-state index contributed by atoms with van der Waals surface area (Å²) in [6, 6.07) is 0. The Labute approximate surface area is 100 Å². The van der Waals surface area contributed by atoms with Crippen LogP contribution < -0.4 is 5.50 Å². The van der Waals surface area contributed by atoms with Crippen molar-refractivity contribution >= 4 is 19.5 Å². The largest absolute Gasteiger partial charge is 0.462 e. The maximum absolute atomic E-state index is 11.8. The average Bonchev–Trinajstić information content (AvgIpc) is 1.95. The molecule has 2 N–H and O–H groups in total. The first-order valence-electron chi connectivity index (χ1n) is 5.03. The molecular formula is C9H18NO6P. The highest BCUT2D eigenvalue weighted by molar-refractivity contribution is 7.56. The Morgan fingerprint density at radius 2 is 1.65 bits per heavy atom. The van der Waals surface area contributed by atoms with Gasteiger partial charge in [0.2, 0.25) is 6.29 Å². The molecule has 0 heterocycles. The lowest BCUT2D eigenvalue weighted by atomic mass is 10.5. The molecule has 0 bridgehead atoms. The maximum Gasteiger partial charge on any atom is 0.304 e. The highest BCUT2D eigenvalue weighted by Crippen LogP contribution is 2.40. The van der Waals surface area contributed by atoms with E-state index in [1.807, 2.05) is 0 Å². The number of nitrogens with two attached hydrogens (primary N) is 1.